The summed E-state index contributed by atoms with van der Waals surface area (Å²) >= 11 is 0. The van der Waals surface area contributed by atoms with E-state index in [0.29, 0.717) is 5.92 Å². The second kappa shape index (κ2) is 4.07. The van der Waals surface area contributed by atoms with Crippen LogP contribution in [0.2, 0.25) is 0 Å². The molecule has 0 aromatic carbocycles. The highest BCUT2D eigenvalue weighted by Crippen LogP contribution is 2.19. The smallest absolute Gasteiger partial charge is 0.0880 e. The Labute approximate surface area is 69.6 Å². The lowest BCUT2D eigenvalue weighted by Crippen LogP contribution is -2.38. The van der Waals surface area contributed by atoms with Crippen LogP contribution in [0.15, 0.2) is 0 Å². The van der Waals surface area contributed by atoms with Crippen molar-refractivity contribution in [2.24, 2.45) is 5.92 Å². The van der Waals surface area contributed by atoms with Gasteiger partial charge in [-0.05, 0) is 26.2 Å². The lowest BCUT2D eigenvalue weighted by Gasteiger charge is -2.30. The van der Waals surface area contributed by atoms with Crippen molar-refractivity contribution in [3.05, 3.63) is 0 Å². The van der Waals surface area contributed by atoms with Gasteiger partial charge in [0.2, 0.25) is 0 Å². The lowest BCUT2D eigenvalue weighted by molar-refractivity contribution is -0.0840. The molecule has 0 spiro atoms. The Morgan fingerprint density at radius 3 is 2.09 bits per heavy atom. The van der Waals surface area contributed by atoms with E-state index in [9.17, 15) is 5.11 Å². The summed E-state index contributed by atoms with van der Waals surface area (Å²) < 4.78 is 5.15. The zero-order valence-electron chi connectivity index (χ0n) is 8.22. The fourth-order valence-corrected chi connectivity index (χ4v) is 0.866. The van der Waals surface area contributed by atoms with Crippen LogP contribution < -0.4 is 0 Å². The van der Waals surface area contributed by atoms with E-state index in [2.05, 4.69) is 13.8 Å². The molecule has 0 aromatic rings. The molecule has 1 N–H and O–H groups in total. The Balaban J connectivity index is 3.90. The van der Waals surface area contributed by atoms with Crippen LogP contribution in [-0.2, 0) is 4.74 Å². The number of hydrogen-bond acceptors (Lipinski definition) is 2. The minimum Gasteiger partial charge on any atom is -0.390 e. The molecule has 0 aromatic heterocycles. The Morgan fingerprint density at radius 2 is 1.82 bits per heavy atom. The number of ether oxygens (including phenoxy) is 1. The van der Waals surface area contributed by atoms with Crippen molar-refractivity contribution in [3.8, 4) is 0 Å². The third kappa shape index (κ3) is 3.73. The first kappa shape index (κ1) is 10.9. The third-order valence-corrected chi connectivity index (χ3v) is 2.02. The van der Waals surface area contributed by atoms with Gasteiger partial charge in [-0.2, -0.15) is 0 Å². The van der Waals surface area contributed by atoms with E-state index in [1.807, 2.05) is 13.8 Å². The molecular weight excluding hydrogens is 140 g/mol. The Bertz CT molecular complexity index is 108. The van der Waals surface area contributed by atoms with Gasteiger partial charge in [0.1, 0.15) is 0 Å². The maximum atomic E-state index is 9.62. The van der Waals surface area contributed by atoms with E-state index < -0.39 is 5.60 Å². The number of methoxy groups -OCH3 is 1. The highest BCUT2D eigenvalue weighted by atomic mass is 16.5. The van der Waals surface area contributed by atoms with Gasteiger partial charge >= 0.3 is 0 Å². The van der Waals surface area contributed by atoms with E-state index in [4.69, 9.17) is 4.74 Å². The average molecular weight is 160 g/mol. The standard InChI is InChI=1S/C9H20O2/c1-7(2)6-8(10)9(3,4)11-5/h7-8,10H,6H2,1-5H3. The van der Waals surface area contributed by atoms with Crippen LogP contribution in [0.4, 0.5) is 0 Å². The largest absolute Gasteiger partial charge is 0.390 e. The molecule has 1 unspecified atom stereocenters. The van der Waals surface area contributed by atoms with Crippen LogP contribution in [0.5, 0.6) is 0 Å². The summed E-state index contributed by atoms with van der Waals surface area (Å²) in [7, 11) is 1.63. The van der Waals surface area contributed by atoms with Gasteiger partial charge in [-0.3, -0.25) is 0 Å². The Kier molecular flexibility index (Phi) is 4.04. The minimum atomic E-state index is -0.412. The zero-order valence-corrected chi connectivity index (χ0v) is 8.22. The monoisotopic (exact) mass is 160 g/mol. The fraction of sp³-hybridized carbons (Fsp3) is 1.00. The minimum absolute atomic E-state index is 0.368. The highest BCUT2D eigenvalue weighted by molar-refractivity contribution is 4.78. The van der Waals surface area contributed by atoms with Gasteiger partial charge in [-0.15, -0.1) is 0 Å². The predicted molar refractivity (Wildman–Crippen MR) is 46.5 cm³/mol. The second-order valence-electron chi connectivity index (χ2n) is 3.95. The van der Waals surface area contributed by atoms with Gasteiger partial charge in [0.25, 0.3) is 0 Å². The summed E-state index contributed by atoms with van der Waals surface area (Å²) in [5, 5.41) is 9.62. The molecule has 0 fully saturated rings. The van der Waals surface area contributed by atoms with Crippen molar-refractivity contribution < 1.29 is 9.84 Å². The topological polar surface area (TPSA) is 29.5 Å². The molecule has 0 aliphatic rings. The molecule has 0 saturated heterocycles. The first-order valence-electron chi connectivity index (χ1n) is 4.13. The quantitative estimate of drug-likeness (QED) is 0.679. The summed E-state index contributed by atoms with van der Waals surface area (Å²) in [6, 6.07) is 0. The summed E-state index contributed by atoms with van der Waals surface area (Å²) in [6.45, 7) is 7.99. The van der Waals surface area contributed by atoms with Crippen LogP contribution in [-0.4, -0.2) is 23.9 Å². The predicted octanol–water partition coefficient (Wildman–Crippen LogP) is 1.82. The Hall–Kier alpha value is -0.0800. The van der Waals surface area contributed by atoms with E-state index in [0.717, 1.165) is 6.42 Å². The van der Waals surface area contributed by atoms with Gasteiger partial charge < -0.3 is 9.84 Å². The molecule has 0 aliphatic heterocycles. The normalized spacial score (nSPS) is 15.5. The van der Waals surface area contributed by atoms with Crippen LogP contribution in [0, 0.1) is 5.92 Å². The average Bonchev–Trinajstić information content (AvgIpc) is 1.86. The van der Waals surface area contributed by atoms with E-state index in [1.165, 1.54) is 0 Å². The maximum Gasteiger partial charge on any atom is 0.0880 e. The molecule has 1 atom stereocenters. The van der Waals surface area contributed by atoms with Crippen molar-refractivity contribution in [3.63, 3.8) is 0 Å². The van der Waals surface area contributed by atoms with Crippen molar-refractivity contribution in [1.82, 2.24) is 0 Å². The van der Waals surface area contributed by atoms with E-state index >= 15 is 0 Å². The maximum absolute atomic E-state index is 9.62. The van der Waals surface area contributed by atoms with Gasteiger partial charge in [0.15, 0.2) is 0 Å². The van der Waals surface area contributed by atoms with Crippen molar-refractivity contribution >= 4 is 0 Å². The molecule has 0 bridgehead atoms. The van der Waals surface area contributed by atoms with Crippen molar-refractivity contribution in [2.75, 3.05) is 7.11 Å². The fourth-order valence-electron chi connectivity index (χ4n) is 0.866. The molecule has 0 aliphatic carbocycles. The van der Waals surface area contributed by atoms with Crippen LogP contribution in [0.3, 0.4) is 0 Å². The highest BCUT2D eigenvalue weighted by Gasteiger charge is 2.27. The van der Waals surface area contributed by atoms with Gasteiger partial charge in [0, 0.05) is 7.11 Å². The second-order valence-corrected chi connectivity index (χ2v) is 3.95. The van der Waals surface area contributed by atoms with Gasteiger partial charge in [-0.25, -0.2) is 0 Å². The summed E-state index contributed by atoms with van der Waals surface area (Å²) in [4.78, 5) is 0. The number of aliphatic hydroxyl groups is 1. The van der Waals surface area contributed by atoms with Crippen LogP contribution in [0.25, 0.3) is 0 Å². The number of rotatable bonds is 4. The molecule has 0 saturated carbocycles. The molecule has 2 nitrogen and oxygen atoms in total. The van der Waals surface area contributed by atoms with E-state index in [1.54, 1.807) is 7.11 Å². The SMILES string of the molecule is COC(C)(C)C(O)CC(C)C. The van der Waals surface area contributed by atoms with Crippen molar-refractivity contribution in [1.29, 1.82) is 0 Å². The Morgan fingerprint density at radius 1 is 1.36 bits per heavy atom. The molecular formula is C9H20O2. The van der Waals surface area contributed by atoms with Gasteiger partial charge in [-0.1, -0.05) is 13.8 Å². The summed E-state index contributed by atoms with van der Waals surface area (Å²) in [5.74, 6) is 0.513. The molecule has 0 heterocycles. The first-order valence-corrected chi connectivity index (χ1v) is 4.13. The van der Waals surface area contributed by atoms with Crippen LogP contribution >= 0.6 is 0 Å². The molecule has 0 rings (SSSR count). The molecule has 2 heteroatoms. The van der Waals surface area contributed by atoms with Gasteiger partial charge in [0.05, 0.1) is 11.7 Å². The van der Waals surface area contributed by atoms with E-state index in [-0.39, 0.29) is 6.10 Å². The molecule has 11 heavy (non-hydrogen) atoms. The van der Waals surface area contributed by atoms with Crippen molar-refractivity contribution in [2.45, 2.75) is 45.8 Å². The molecule has 68 valence electrons. The molecule has 0 amide bonds. The van der Waals surface area contributed by atoms with Crippen LogP contribution in [0.1, 0.15) is 34.1 Å². The lowest BCUT2D eigenvalue weighted by atomic mass is 9.93. The molecule has 0 radical (unpaired) electrons. The summed E-state index contributed by atoms with van der Waals surface area (Å²) in [5.41, 5.74) is -0.412. The first-order chi connectivity index (χ1) is 4.90. The summed E-state index contributed by atoms with van der Waals surface area (Å²) in [6.07, 6.45) is 0.424. The number of hydrogen-bond donors (Lipinski definition) is 1. The zero-order chi connectivity index (χ0) is 9.07. The third-order valence-electron chi connectivity index (χ3n) is 2.02. The number of aliphatic hydroxyl groups excluding tert-OH is 1.